The SMILES string of the molecule is CCOP(=O)(OCC)C(CC(=O)CC)P(=O)(OCC)OCC. The second-order valence-electron chi connectivity index (χ2n) is 4.33. The van der Waals surface area contributed by atoms with Gasteiger partial charge in [-0.2, -0.15) is 0 Å². The van der Waals surface area contributed by atoms with Gasteiger partial charge in [0, 0.05) is 12.8 Å². The van der Waals surface area contributed by atoms with Crippen molar-refractivity contribution < 1.29 is 32.0 Å². The number of carbonyl (C=O) groups excluding carboxylic acids is 1. The first kappa shape index (κ1) is 22.0. The lowest BCUT2D eigenvalue weighted by atomic mass is 10.2. The van der Waals surface area contributed by atoms with Crippen molar-refractivity contribution in [2.75, 3.05) is 26.4 Å². The molecule has 0 fully saturated rings. The highest BCUT2D eigenvalue weighted by atomic mass is 31.2. The third kappa shape index (κ3) is 6.23. The normalized spacial score (nSPS) is 12.8. The van der Waals surface area contributed by atoms with Crippen LogP contribution in [0.1, 0.15) is 47.5 Å². The van der Waals surface area contributed by atoms with E-state index in [-0.39, 0.29) is 45.1 Å². The molecule has 0 saturated heterocycles. The highest BCUT2D eigenvalue weighted by Gasteiger charge is 2.51. The zero-order valence-electron chi connectivity index (χ0n) is 14.1. The smallest absolute Gasteiger partial charge is 0.308 e. The minimum absolute atomic E-state index is 0.104. The summed E-state index contributed by atoms with van der Waals surface area (Å²) in [7, 11) is -7.62. The molecule has 0 rings (SSSR count). The number of Topliss-reactive ketones (excluding diaryl/α,β-unsaturated/α-hetero) is 1. The molecule has 132 valence electrons. The average Bonchev–Trinajstić information content (AvgIpc) is 2.45. The summed E-state index contributed by atoms with van der Waals surface area (Å²) in [5, 5.41) is -1.24. The predicted octanol–water partition coefficient (Wildman–Crippen LogP) is 4.21. The van der Waals surface area contributed by atoms with Crippen LogP contribution in [0.3, 0.4) is 0 Å². The van der Waals surface area contributed by atoms with Crippen LogP contribution in [0.15, 0.2) is 0 Å². The summed E-state index contributed by atoms with van der Waals surface area (Å²) in [6.45, 7) is 8.69. The van der Waals surface area contributed by atoms with Crippen molar-refractivity contribution in [2.45, 2.75) is 52.9 Å². The van der Waals surface area contributed by atoms with Crippen LogP contribution < -0.4 is 0 Å². The van der Waals surface area contributed by atoms with Gasteiger partial charge in [-0.1, -0.05) is 6.92 Å². The molecule has 0 N–H and O–H groups in total. The third-order valence-electron chi connectivity index (χ3n) is 2.77. The second-order valence-corrected chi connectivity index (χ2v) is 9.17. The molecule has 0 saturated carbocycles. The van der Waals surface area contributed by atoms with Gasteiger partial charge in [-0.15, -0.1) is 0 Å². The molecule has 0 spiro atoms. The fraction of sp³-hybridized carbons (Fsp3) is 0.923. The van der Waals surface area contributed by atoms with Crippen LogP contribution in [0, 0.1) is 0 Å². The first-order valence-corrected chi connectivity index (χ1v) is 10.8. The summed E-state index contributed by atoms with van der Waals surface area (Å²) in [5.41, 5.74) is 0. The maximum absolute atomic E-state index is 13.0. The van der Waals surface area contributed by atoms with Crippen molar-refractivity contribution in [3.8, 4) is 0 Å². The molecule has 0 heterocycles. The maximum Gasteiger partial charge on any atom is 0.346 e. The monoisotopic (exact) mass is 358 g/mol. The largest absolute Gasteiger partial charge is 0.346 e. The van der Waals surface area contributed by atoms with Gasteiger partial charge in [0.2, 0.25) is 0 Å². The van der Waals surface area contributed by atoms with Crippen molar-refractivity contribution >= 4 is 21.0 Å². The van der Waals surface area contributed by atoms with Gasteiger partial charge in [-0.25, -0.2) is 0 Å². The fourth-order valence-electron chi connectivity index (χ4n) is 1.88. The van der Waals surface area contributed by atoms with E-state index in [0.717, 1.165) is 0 Å². The standard InChI is InChI=1S/C13H28O7P2/c1-6-12(14)11-13(21(15,17-7-2)18-8-3)22(16,19-9-4)20-10-5/h13H,6-11H2,1-5H3. The molecular weight excluding hydrogens is 330 g/mol. The van der Waals surface area contributed by atoms with E-state index in [4.69, 9.17) is 18.1 Å². The van der Waals surface area contributed by atoms with Gasteiger partial charge in [0.1, 0.15) is 5.78 Å². The van der Waals surface area contributed by atoms with Gasteiger partial charge >= 0.3 is 15.2 Å². The topological polar surface area (TPSA) is 88.1 Å². The van der Waals surface area contributed by atoms with Crippen LogP contribution in [-0.2, 0) is 32.0 Å². The number of rotatable bonds is 13. The molecule has 0 aliphatic rings. The van der Waals surface area contributed by atoms with E-state index in [1.165, 1.54) is 0 Å². The lowest BCUT2D eigenvalue weighted by Gasteiger charge is -2.30. The number of hydrogen-bond donors (Lipinski definition) is 0. The van der Waals surface area contributed by atoms with Crippen LogP contribution >= 0.6 is 15.2 Å². The van der Waals surface area contributed by atoms with Crippen molar-refractivity contribution in [2.24, 2.45) is 0 Å². The Morgan fingerprint density at radius 2 is 1.09 bits per heavy atom. The van der Waals surface area contributed by atoms with E-state index < -0.39 is 20.6 Å². The fourth-order valence-corrected chi connectivity index (χ4v) is 7.20. The van der Waals surface area contributed by atoms with E-state index in [1.54, 1.807) is 34.6 Å². The molecule has 0 radical (unpaired) electrons. The second kappa shape index (κ2) is 10.7. The van der Waals surface area contributed by atoms with Gasteiger partial charge in [0.05, 0.1) is 26.4 Å². The van der Waals surface area contributed by atoms with Gasteiger partial charge in [-0.05, 0) is 27.7 Å². The Morgan fingerprint density at radius 3 is 1.32 bits per heavy atom. The summed E-state index contributed by atoms with van der Waals surface area (Å²) in [5.74, 6) is -0.204. The Bertz CT molecular complexity index is 375. The minimum Gasteiger partial charge on any atom is -0.308 e. The minimum atomic E-state index is -3.81. The summed E-state index contributed by atoms with van der Waals surface area (Å²) in [4.78, 5) is 11.9. The van der Waals surface area contributed by atoms with Crippen molar-refractivity contribution in [1.29, 1.82) is 0 Å². The zero-order chi connectivity index (χ0) is 17.2. The molecule has 7 nitrogen and oxygen atoms in total. The van der Waals surface area contributed by atoms with Crippen LogP contribution in [0.5, 0.6) is 0 Å². The molecule has 0 bridgehead atoms. The van der Waals surface area contributed by atoms with Crippen LogP contribution in [0.4, 0.5) is 0 Å². The van der Waals surface area contributed by atoms with E-state index in [9.17, 15) is 13.9 Å². The lowest BCUT2D eigenvalue weighted by Crippen LogP contribution is -2.21. The quantitative estimate of drug-likeness (QED) is 0.456. The van der Waals surface area contributed by atoms with Gasteiger partial charge in [0.15, 0.2) is 5.40 Å². The molecule has 0 amide bonds. The Hall–Kier alpha value is -0.0300. The molecule has 0 aromatic carbocycles. The van der Waals surface area contributed by atoms with Crippen LogP contribution in [0.2, 0.25) is 0 Å². The molecule has 0 aliphatic heterocycles. The molecule has 0 aromatic heterocycles. The number of ketones is 1. The summed E-state index contributed by atoms with van der Waals surface area (Å²) >= 11 is 0. The average molecular weight is 358 g/mol. The number of carbonyl (C=O) groups is 1. The highest BCUT2D eigenvalue weighted by Crippen LogP contribution is 2.71. The van der Waals surface area contributed by atoms with E-state index >= 15 is 0 Å². The van der Waals surface area contributed by atoms with Gasteiger partial charge in [-0.3, -0.25) is 13.9 Å². The molecule has 0 aromatic rings. The highest BCUT2D eigenvalue weighted by molar-refractivity contribution is 7.72. The van der Waals surface area contributed by atoms with Gasteiger partial charge < -0.3 is 18.1 Å². The van der Waals surface area contributed by atoms with E-state index in [1.807, 2.05) is 0 Å². The van der Waals surface area contributed by atoms with Crippen LogP contribution in [-0.4, -0.2) is 37.6 Å². The third-order valence-corrected chi connectivity index (χ3v) is 8.77. The molecule has 0 atom stereocenters. The Morgan fingerprint density at radius 1 is 0.773 bits per heavy atom. The predicted molar refractivity (Wildman–Crippen MR) is 85.4 cm³/mol. The van der Waals surface area contributed by atoms with E-state index in [0.29, 0.717) is 0 Å². The van der Waals surface area contributed by atoms with Crippen LogP contribution in [0.25, 0.3) is 0 Å². The summed E-state index contributed by atoms with van der Waals surface area (Å²) in [6, 6.07) is 0. The molecular formula is C13H28O7P2. The molecule has 9 heteroatoms. The van der Waals surface area contributed by atoms with Crippen molar-refractivity contribution in [3.63, 3.8) is 0 Å². The lowest BCUT2D eigenvalue weighted by molar-refractivity contribution is -0.118. The Balaban J connectivity index is 5.80. The molecule has 22 heavy (non-hydrogen) atoms. The van der Waals surface area contributed by atoms with E-state index in [2.05, 4.69) is 0 Å². The first-order chi connectivity index (χ1) is 10.3. The maximum atomic E-state index is 13.0. The van der Waals surface area contributed by atoms with Crippen molar-refractivity contribution in [1.82, 2.24) is 0 Å². The molecule has 0 aliphatic carbocycles. The number of hydrogen-bond acceptors (Lipinski definition) is 7. The molecule has 0 unspecified atom stereocenters. The summed E-state index contributed by atoms with van der Waals surface area (Å²) in [6.07, 6.45) is -0.00193. The zero-order valence-corrected chi connectivity index (χ0v) is 15.9. The Kier molecular flexibility index (Phi) is 10.7. The van der Waals surface area contributed by atoms with Crippen molar-refractivity contribution in [3.05, 3.63) is 0 Å². The first-order valence-electron chi connectivity index (χ1n) is 7.62. The van der Waals surface area contributed by atoms with Gasteiger partial charge in [0.25, 0.3) is 0 Å². The Labute approximate surface area is 133 Å². The summed E-state index contributed by atoms with van der Waals surface area (Å²) < 4.78 is 47.1.